The summed E-state index contributed by atoms with van der Waals surface area (Å²) in [6, 6.07) is 9.12. The third-order valence-corrected chi connectivity index (χ3v) is 5.92. The zero-order valence-corrected chi connectivity index (χ0v) is 17.4. The van der Waals surface area contributed by atoms with Gasteiger partial charge < -0.3 is 20.2 Å². The maximum atomic E-state index is 13.7. The first-order chi connectivity index (χ1) is 15.0. The SMILES string of the molecule is O=C(O)CC(c1cccc(F)c1)N1CCN(CCCc2ccc3c(n2)NCCC3)C1=O. The first kappa shape index (κ1) is 21.1. The molecular weight excluding hydrogens is 399 g/mol. The van der Waals surface area contributed by atoms with Gasteiger partial charge in [-0.15, -0.1) is 0 Å². The fourth-order valence-electron chi connectivity index (χ4n) is 4.34. The first-order valence-corrected chi connectivity index (χ1v) is 10.8. The summed E-state index contributed by atoms with van der Waals surface area (Å²) in [5.74, 6) is -0.491. The van der Waals surface area contributed by atoms with Gasteiger partial charge in [-0.3, -0.25) is 4.79 Å². The maximum Gasteiger partial charge on any atom is 0.320 e. The molecule has 1 atom stereocenters. The molecule has 1 saturated heterocycles. The van der Waals surface area contributed by atoms with Gasteiger partial charge in [-0.25, -0.2) is 14.2 Å². The van der Waals surface area contributed by atoms with E-state index in [0.29, 0.717) is 25.2 Å². The van der Waals surface area contributed by atoms with Crippen LogP contribution in [0.3, 0.4) is 0 Å². The smallest absolute Gasteiger partial charge is 0.320 e. The lowest BCUT2D eigenvalue weighted by molar-refractivity contribution is -0.138. The van der Waals surface area contributed by atoms with Gasteiger partial charge in [-0.1, -0.05) is 18.2 Å². The van der Waals surface area contributed by atoms with Crippen LogP contribution < -0.4 is 5.32 Å². The maximum absolute atomic E-state index is 13.7. The van der Waals surface area contributed by atoms with Gasteiger partial charge in [0.05, 0.1) is 12.5 Å². The minimum Gasteiger partial charge on any atom is -0.481 e. The Labute approximate surface area is 180 Å². The van der Waals surface area contributed by atoms with Crippen molar-refractivity contribution in [2.75, 3.05) is 31.5 Å². The summed E-state index contributed by atoms with van der Waals surface area (Å²) in [4.78, 5) is 32.3. The second-order valence-corrected chi connectivity index (χ2v) is 8.08. The van der Waals surface area contributed by atoms with E-state index in [9.17, 15) is 19.1 Å². The van der Waals surface area contributed by atoms with Crippen molar-refractivity contribution < 1.29 is 19.1 Å². The normalized spacial score (nSPS) is 16.7. The second-order valence-electron chi connectivity index (χ2n) is 8.08. The van der Waals surface area contributed by atoms with Crippen molar-refractivity contribution in [3.63, 3.8) is 0 Å². The van der Waals surface area contributed by atoms with Crippen LogP contribution in [0, 0.1) is 5.82 Å². The Balaban J connectivity index is 1.37. The molecule has 8 heteroatoms. The van der Waals surface area contributed by atoms with Gasteiger partial charge in [0.25, 0.3) is 0 Å². The summed E-state index contributed by atoms with van der Waals surface area (Å²) in [5.41, 5.74) is 2.76. The average molecular weight is 426 g/mol. The fraction of sp³-hybridized carbons (Fsp3) is 0.435. The number of hydrogen-bond acceptors (Lipinski definition) is 4. The molecule has 1 aromatic heterocycles. The van der Waals surface area contributed by atoms with E-state index < -0.39 is 17.8 Å². The van der Waals surface area contributed by atoms with Gasteiger partial charge in [-0.2, -0.15) is 0 Å². The molecule has 1 unspecified atom stereocenters. The number of hydrogen-bond donors (Lipinski definition) is 2. The van der Waals surface area contributed by atoms with Crippen molar-refractivity contribution in [3.05, 3.63) is 59.0 Å². The fourth-order valence-corrected chi connectivity index (χ4v) is 4.34. The molecule has 1 aromatic carbocycles. The van der Waals surface area contributed by atoms with Crippen LogP contribution in [-0.2, 0) is 17.6 Å². The minimum absolute atomic E-state index is 0.199. The molecule has 7 nitrogen and oxygen atoms in total. The highest BCUT2D eigenvalue weighted by atomic mass is 19.1. The number of carboxylic acid groups (broad SMARTS) is 1. The number of carboxylic acids is 1. The van der Waals surface area contributed by atoms with Gasteiger partial charge in [0.1, 0.15) is 11.6 Å². The Kier molecular flexibility index (Phi) is 6.34. The predicted molar refractivity (Wildman–Crippen MR) is 114 cm³/mol. The van der Waals surface area contributed by atoms with Crippen molar-refractivity contribution in [3.8, 4) is 0 Å². The molecule has 2 aromatic rings. The summed E-state index contributed by atoms with van der Waals surface area (Å²) in [7, 11) is 0. The van der Waals surface area contributed by atoms with Gasteiger partial charge in [0.15, 0.2) is 0 Å². The number of pyridine rings is 1. The highest BCUT2D eigenvalue weighted by molar-refractivity contribution is 5.78. The van der Waals surface area contributed by atoms with Crippen LogP contribution >= 0.6 is 0 Å². The third kappa shape index (κ3) is 4.95. The van der Waals surface area contributed by atoms with Crippen LogP contribution in [0.4, 0.5) is 15.0 Å². The van der Waals surface area contributed by atoms with E-state index in [4.69, 9.17) is 4.98 Å². The number of carbonyl (C=O) groups is 2. The molecular formula is C23H27FN4O3. The van der Waals surface area contributed by atoms with E-state index in [2.05, 4.69) is 17.4 Å². The average Bonchev–Trinajstić information content (AvgIpc) is 3.12. The van der Waals surface area contributed by atoms with Crippen molar-refractivity contribution in [2.45, 2.75) is 38.1 Å². The lowest BCUT2D eigenvalue weighted by Gasteiger charge is -2.27. The number of amides is 2. The summed E-state index contributed by atoms with van der Waals surface area (Å²) < 4.78 is 13.7. The number of aromatic nitrogens is 1. The van der Waals surface area contributed by atoms with Crippen molar-refractivity contribution in [1.29, 1.82) is 0 Å². The molecule has 0 spiro atoms. The second kappa shape index (κ2) is 9.32. The minimum atomic E-state index is -1.02. The predicted octanol–water partition coefficient (Wildman–Crippen LogP) is 3.47. The van der Waals surface area contributed by atoms with Gasteiger partial charge in [0.2, 0.25) is 0 Å². The highest BCUT2D eigenvalue weighted by Gasteiger charge is 2.35. The Hall–Kier alpha value is -3.16. The van der Waals surface area contributed by atoms with Gasteiger partial charge >= 0.3 is 12.0 Å². The Morgan fingerprint density at radius 1 is 1.26 bits per heavy atom. The number of anilines is 1. The van der Waals surface area contributed by atoms with E-state index in [-0.39, 0.29) is 12.5 Å². The zero-order chi connectivity index (χ0) is 21.8. The lowest BCUT2D eigenvalue weighted by atomic mass is 10.0. The van der Waals surface area contributed by atoms with Crippen LogP contribution in [0.1, 0.15) is 42.1 Å². The monoisotopic (exact) mass is 426 g/mol. The van der Waals surface area contributed by atoms with Gasteiger partial charge in [-0.05, 0) is 55.0 Å². The molecule has 0 radical (unpaired) electrons. The molecule has 2 aliphatic rings. The molecule has 0 saturated carbocycles. The number of nitrogens with one attached hydrogen (secondary N) is 1. The number of nitrogens with zero attached hydrogens (tertiary/aromatic N) is 3. The summed E-state index contributed by atoms with van der Waals surface area (Å²) in [5, 5.41) is 12.7. The largest absolute Gasteiger partial charge is 0.481 e. The molecule has 31 heavy (non-hydrogen) atoms. The summed E-state index contributed by atoms with van der Waals surface area (Å²) in [6.45, 7) is 2.48. The number of rotatable bonds is 8. The molecule has 0 bridgehead atoms. The summed E-state index contributed by atoms with van der Waals surface area (Å²) in [6.07, 6.45) is 3.46. The Bertz CT molecular complexity index is 968. The lowest BCUT2D eigenvalue weighted by Crippen LogP contribution is -2.36. The van der Waals surface area contributed by atoms with E-state index in [1.807, 2.05) is 0 Å². The Morgan fingerprint density at radius 2 is 2.13 bits per heavy atom. The van der Waals surface area contributed by atoms with Crippen molar-refractivity contribution in [1.82, 2.24) is 14.8 Å². The molecule has 1 fully saturated rings. The quantitative estimate of drug-likeness (QED) is 0.675. The molecule has 2 amide bonds. The van der Waals surface area contributed by atoms with Crippen LogP contribution in [0.25, 0.3) is 0 Å². The van der Waals surface area contributed by atoms with Crippen LogP contribution in [0.15, 0.2) is 36.4 Å². The molecule has 2 aliphatic heterocycles. The number of urea groups is 1. The number of carbonyl (C=O) groups excluding carboxylic acids is 1. The van der Waals surface area contributed by atoms with Crippen molar-refractivity contribution >= 4 is 17.8 Å². The number of benzene rings is 1. The van der Waals surface area contributed by atoms with Crippen LogP contribution in [0.5, 0.6) is 0 Å². The highest BCUT2D eigenvalue weighted by Crippen LogP contribution is 2.29. The molecule has 4 rings (SSSR count). The molecule has 0 aliphatic carbocycles. The first-order valence-electron chi connectivity index (χ1n) is 10.8. The molecule has 3 heterocycles. The number of aryl methyl sites for hydroxylation is 2. The Morgan fingerprint density at radius 3 is 2.94 bits per heavy atom. The van der Waals surface area contributed by atoms with Crippen LogP contribution in [-0.4, -0.2) is 58.1 Å². The van der Waals surface area contributed by atoms with E-state index in [1.165, 1.54) is 23.8 Å². The van der Waals surface area contributed by atoms with E-state index in [1.54, 1.807) is 15.9 Å². The standard InChI is InChI=1S/C23H27FN4O3/c24-18-6-1-4-17(14-18)20(15-21(29)30)28-13-12-27(23(28)31)11-3-7-19-9-8-16-5-2-10-25-22(16)26-19/h1,4,6,8-9,14,20H,2-3,5,7,10-13,15H2,(H,25,26)(H,29,30). The third-order valence-electron chi connectivity index (χ3n) is 5.92. The van der Waals surface area contributed by atoms with Crippen molar-refractivity contribution in [2.24, 2.45) is 0 Å². The number of fused-ring (bicyclic) bond motifs is 1. The summed E-state index contributed by atoms with van der Waals surface area (Å²) >= 11 is 0. The number of aliphatic carboxylic acids is 1. The molecule has 164 valence electrons. The number of halogens is 1. The van der Waals surface area contributed by atoms with Crippen LogP contribution in [0.2, 0.25) is 0 Å². The van der Waals surface area contributed by atoms with Gasteiger partial charge in [0, 0.05) is 31.9 Å². The van der Waals surface area contributed by atoms with E-state index in [0.717, 1.165) is 43.7 Å². The molecule has 2 N–H and O–H groups in total. The zero-order valence-electron chi connectivity index (χ0n) is 17.4. The topological polar surface area (TPSA) is 85.8 Å². The van der Waals surface area contributed by atoms with E-state index >= 15 is 0 Å².